The number of hydrogen-bond donors (Lipinski definition) is 1. The van der Waals surface area contributed by atoms with Crippen LogP contribution in [0.25, 0.3) is 0 Å². The van der Waals surface area contributed by atoms with Gasteiger partial charge in [0.05, 0.1) is 12.2 Å². The van der Waals surface area contributed by atoms with Crippen LogP contribution in [0.1, 0.15) is 13.3 Å². The molecule has 84 valence electrons. The van der Waals surface area contributed by atoms with Crippen molar-refractivity contribution in [2.45, 2.75) is 43.9 Å². The zero-order chi connectivity index (χ0) is 10.9. The standard InChI is InChI=1S/C8H14F3NO2/c1-4(8(9,10)11)14-6-3-5(12)7(6)13-2/h4-7H,3,12H2,1-2H3. The summed E-state index contributed by atoms with van der Waals surface area (Å²) in [5, 5.41) is 0. The summed E-state index contributed by atoms with van der Waals surface area (Å²) in [6, 6.07) is -0.217. The molecule has 3 nitrogen and oxygen atoms in total. The number of hydrogen-bond acceptors (Lipinski definition) is 3. The van der Waals surface area contributed by atoms with Crippen molar-refractivity contribution >= 4 is 0 Å². The Morgan fingerprint density at radius 3 is 2.36 bits per heavy atom. The van der Waals surface area contributed by atoms with Crippen molar-refractivity contribution in [2.75, 3.05) is 7.11 Å². The van der Waals surface area contributed by atoms with Gasteiger partial charge < -0.3 is 15.2 Å². The molecule has 1 rings (SSSR count). The molecule has 0 aromatic rings. The molecule has 0 radical (unpaired) electrons. The van der Waals surface area contributed by atoms with Crippen molar-refractivity contribution in [1.82, 2.24) is 0 Å². The maximum Gasteiger partial charge on any atom is 0.414 e. The molecule has 0 bridgehead atoms. The van der Waals surface area contributed by atoms with E-state index in [0.29, 0.717) is 6.42 Å². The van der Waals surface area contributed by atoms with Crippen LogP contribution in [-0.2, 0) is 9.47 Å². The fraction of sp³-hybridized carbons (Fsp3) is 1.00. The first-order valence-electron chi connectivity index (χ1n) is 4.36. The molecule has 6 heteroatoms. The van der Waals surface area contributed by atoms with Crippen molar-refractivity contribution in [3.8, 4) is 0 Å². The van der Waals surface area contributed by atoms with Gasteiger partial charge in [-0.05, 0) is 13.3 Å². The zero-order valence-corrected chi connectivity index (χ0v) is 8.04. The highest BCUT2D eigenvalue weighted by Gasteiger charge is 2.45. The lowest BCUT2D eigenvalue weighted by molar-refractivity contribution is -0.252. The Bertz CT molecular complexity index is 198. The third-order valence-corrected chi connectivity index (χ3v) is 2.40. The zero-order valence-electron chi connectivity index (χ0n) is 8.04. The average molecular weight is 213 g/mol. The van der Waals surface area contributed by atoms with E-state index in [1.54, 1.807) is 0 Å². The van der Waals surface area contributed by atoms with Gasteiger partial charge in [0.2, 0.25) is 0 Å². The van der Waals surface area contributed by atoms with Gasteiger partial charge in [0.1, 0.15) is 0 Å². The predicted octanol–water partition coefficient (Wildman–Crippen LogP) is 1.07. The highest BCUT2D eigenvalue weighted by Crippen LogP contribution is 2.30. The van der Waals surface area contributed by atoms with Gasteiger partial charge in [0, 0.05) is 13.2 Å². The van der Waals surface area contributed by atoms with Gasteiger partial charge in [0.15, 0.2) is 6.10 Å². The number of halogens is 3. The second-order valence-electron chi connectivity index (χ2n) is 3.46. The van der Waals surface area contributed by atoms with Gasteiger partial charge in [-0.1, -0.05) is 0 Å². The van der Waals surface area contributed by atoms with Crippen molar-refractivity contribution < 1.29 is 22.6 Å². The van der Waals surface area contributed by atoms with E-state index in [1.807, 2.05) is 0 Å². The van der Waals surface area contributed by atoms with Crippen LogP contribution in [0.3, 0.4) is 0 Å². The Morgan fingerprint density at radius 1 is 1.43 bits per heavy atom. The first-order chi connectivity index (χ1) is 6.36. The summed E-state index contributed by atoms with van der Waals surface area (Å²) in [5.74, 6) is 0. The average Bonchev–Trinajstić information content (AvgIpc) is 2.02. The minimum atomic E-state index is -4.32. The van der Waals surface area contributed by atoms with Gasteiger partial charge in [-0.15, -0.1) is 0 Å². The molecule has 0 spiro atoms. The summed E-state index contributed by atoms with van der Waals surface area (Å²) < 4.78 is 46.0. The lowest BCUT2D eigenvalue weighted by Gasteiger charge is -2.42. The summed E-state index contributed by atoms with van der Waals surface area (Å²) in [4.78, 5) is 0. The van der Waals surface area contributed by atoms with Gasteiger partial charge in [0.25, 0.3) is 0 Å². The first kappa shape index (κ1) is 11.7. The number of nitrogens with two attached hydrogens (primary N) is 1. The smallest absolute Gasteiger partial charge is 0.377 e. The Kier molecular flexibility index (Phi) is 3.39. The van der Waals surface area contributed by atoms with E-state index in [9.17, 15) is 13.2 Å². The fourth-order valence-electron chi connectivity index (χ4n) is 1.42. The summed E-state index contributed by atoms with van der Waals surface area (Å²) in [6.07, 6.45) is -6.62. The van der Waals surface area contributed by atoms with Crippen LogP contribution in [0, 0.1) is 0 Å². The van der Waals surface area contributed by atoms with Gasteiger partial charge >= 0.3 is 6.18 Å². The molecule has 0 heterocycles. The first-order valence-corrected chi connectivity index (χ1v) is 4.36. The maximum atomic E-state index is 12.1. The van der Waals surface area contributed by atoms with Crippen molar-refractivity contribution in [2.24, 2.45) is 5.73 Å². The van der Waals surface area contributed by atoms with E-state index in [4.69, 9.17) is 15.2 Å². The Morgan fingerprint density at radius 2 is 2.00 bits per heavy atom. The molecular weight excluding hydrogens is 199 g/mol. The van der Waals surface area contributed by atoms with Crippen LogP contribution in [0.5, 0.6) is 0 Å². The Hall–Kier alpha value is -0.330. The minimum absolute atomic E-state index is 0.217. The van der Waals surface area contributed by atoms with Crippen LogP contribution in [0.4, 0.5) is 13.2 Å². The molecule has 0 aromatic heterocycles. The summed E-state index contributed by atoms with van der Waals surface area (Å²) in [7, 11) is 1.41. The molecule has 4 atom stereocenters. The van der Waals surface area contributed by atoms with Crippen molar-refractivity contribution in [3.63, 3.8) is 0 Å². The van der Waals surface area contributed by atoms with Crippen LogP contribution >= 0.6 is 0 Å². The van der Waals surface area contributed by atoms with E-state index in [1.165, 1.54) is 7.11 Å². The Balaban J connectivity index is 2.39. The van der Waals surface area contributed by atoms with Gasteiger partial charge in [-0.25, -0.2) is 0 Å². The van der Waals surface area contributed by atoms with Crippen molar-refractivity contribution in [3.05, 3.63) is 0 Å². The number of methoxy groups -OCH3 is 1. The summed E-state index contributed by atoms with van der Waals surface area (Å²) in [5.41, 5.74) is 5.52. The molecule has 1 saturated carbocycles. The van der Waals surface area contributed by atoms with Crippen LogP contribution in [0.2, 0.25) is 0 Å². The molecule has 1 fully saturated rings. The monoisotopic (exact) mass is 213 g/mol. The van der Waals surface area contributed by atoms with Crippen LogP contribution in [-0.4, -0.2) is 37.6 Å². The van der Waals surface area contributed by atoms with E-state index >= 15 is 0 Å². The lowest BCUT2D eigenvalue weighted by Crippen LogP contribution is -2.59. The molecule has 1 aliphatic rings. The topological polar surface area (TPSA) is 44.5 Å². The minimum Gasteiger partial charge on any atom is -0.377 e. The van der Waals surface area contributed by atoms with E-state index < -0.39 is 24.5 Å². The summed E-state index contributed by atoms with van der Waals surface area (Å²) >= 11 is 0. The molecule has 0 saturated heterocycles. The fourth-order valence-corrected chi connectivity index (χ4v) is 1.42. The molecule has 1 aliphatic carbocycles. The second kappa shape index (κ2) is 4.04. The summed E-state index contributed by atoms with van der Waals surface area (Å²) in [6.45, 7) is 0.983. The molecule has 2 N–H and O–H groups in total. The highest BCUT2D eigenvalue weighted by atomic mass is 19.4. The largest absolute Gasteiger partial charge is 0.414 e. The number of alkyl halides is 3. The van der Waals surface area contributed by atoms with Gasteiger partial charge in [-0.2, -0.15) is 13.2 Å². The third-order valence-electron chi connectivity index (χ3n) is 2.40. The number of ether oxygens (including phenoxy) is 2. The lowest BCUT2D eigenvalue weighted by atomic mass is 9.86. The Labute approximate surface area is 80.4 Å². The SMILES string of the molecule is COC1C(N)CC1OC(C)C(F)(F)F. The number of rotatable bonds is 3. The quantitative estimate of drug-likeness (QED) is 0.762. The van der Waals surface area contributed by atoms with E-state index in [-0.39, 0.29) is 6.04 Å². The molecule has 0 aliphatic heterocycles. The molecule has 14 heavy (non-hydrogen) atoms. The van der Waals surface area contributed by atoms with E-state index in [0.717, 1.165) is 6.92 Å². The highest BCUT2D eigenvalue weighted by molar-refractivity contribution is 4.95. The molecule has 0 aromatic carbocycles. The third kappa shape index (κ3) is 2.37. The van der Waals surface area contributed by atoms with E-state index in [2.05, 4.69) is 0 Å². The predicted molar refractivity (Wildman–Crippen MR) is 43.8 cm³/mol. The molecular formula is C8H14F3NO2. The van der Waals surface area contributed by atoms with Crippen molar-refractivity contribution in [1.29, 1.82) is 0 Å². The van der Waals surface area contributed by atoms with Crippen LogP contribution < -0.4 is 5.73 Å². The molecule has 4 unspecified atom stereocenters. The maximum absolute atomic E-state index is 12.1. The van der Waals surface area contributed by atoms with Crippen LogP contribution in [0.15, 0.2) is 0 Å². The second-order valence-corrected chi connectivity index (χ2v) is 3.46. The normalized spacial score (nSPS) is 35.1. The molecule has 0 amide bonds. The van der Waals surface area contributed by atoms with Gasteiger partial charge in [-0.3, -0.25) is 0 Å².